The Bertz CT molecular complexity index is 350. The molecule has 0 aliphatic carbocycles. The number of aromatic nitrogens is 2. The summed E-state index contributed by atoms with van der Waals surface area (Å²) in [4.78, 5) is 6.64. The summed E-state index contributed by atoms with van der Waals surface area (Å²) in [5.41, 5.74) is 0. The summed E-state index contributed by atoms with van der Waals surface area (Å²) in [5, 5.41) is 7.42. The van der Waals surface area contributed by atoms with E-state index in [1.165, 1.54) is 12.8 Å². The van der Waals surface area contributed by atoms with Crippen LogP contribution in [-0.2, 0) is 6.54 Å². The molecule has 2 rings (SSSR count). The second kappa shape index (κ2) is 5.60. The van der Waals surface area contributed by atoms with Crippen molar-refractivity contribution in [1.29, 1.82) is 0 Å². The zero-order valence-electron chi connectivity index (χ0n) is 10.9. The van der Waals surface area contributed by atoms with Crippen LogP contribution in [0.3, 0.4) is 0 Å². The first-order valence-electron chi connectivity index (χ1n) is 6.41. The lowest BCUT2D eigenvalue weighted by Gasteiger charge is -2.33. The third-order valence-corrected chi connectivity index (χ3v) is 3.00. The van der Waals surface area contributed by atoms with Crippen molar-refractivity contribution in [2.45, 2.75) is 52.2 Å². The summed E-state index contributed by atoms with van der Waals surface area (Å²) < 4.78 is 5.16. The van der Waals surface area contributed by atoms with Crippen molar-refractivity contribution < 1.29 is 4.52 Å². The molecule has 0 radical (unpaired) electrons. The summed E-state index contributed by atoms with van der Waals surface area (Å²) in [5.74, 6) is 1.45. The zero-order chi connectivity index (χ0) is 12.3. The molecule has 1 fully saturated rings. The van der Waals surface area contributed by atoms with Crippen LogP contribution in [0.25, 0.3) is 0 Å². The SMILES string of the molecule is Cc1noc(CN2CCCC(NC(C)C)C2)n1. The lowest BCUT2D eigenvalue weighted by Crippen LogP contribution is -2.47. The first-order valence-corrected chi connectivity index (χ1v) is 6.41. The number of rotatable bonds is 4. The van der Waals surface area contributed by atoms with Gasteiger partial charge in [0.25, 0.3) is 0 Å². The Morgan fingerprint density at radius 1 is 1.53 bits per heavy atom. The molecule has 5 nitrogen and oxygen atoms in total. The fourth-order valence-electron chi connectivity index (χ4n) is 2.40. The summed E-state index contributed by atoms with van der Waals surface area (Å²) in [6.45, 7) is 9.21. The monoisotopic (exact) mass is 238 g/mol. The van der Waals surface area contributed by atoms with Crippen LogP contribution < -0.4 is 5.32 Å². The molecule has 0 spiro atoms. The maximum absolute atomic E-state index is 5.16. The van der Waals surface area contributed by atoms with Crippen molar-refractivity contribution in [3.05, 3.63) is 11.7 Å². The van der Waals surface area contributed by atoms with Crippen molar-refractivity contribution in [3.8, 4) is 0 Å². The van der Waals surface area contributed by atoms with Gasteiger partial charge < -0.3 is 9.84 Å². The summed E-state index contributed by atoms with van der Waals surface area (Å²) in [7, 11) is 0. The number of nitrogens with one attached hydrogen (secondary N) is 1. The Morgan fingerprint density at radius 2 is 2.35 bits per heavy atom. The molecular formula is C12H22N4O. The van der Waals surface area contributed by atoms with E-state index in [9.17, 15) is 0 Å². The van der Waals surface area contributed by atoms with Crippen LogP contribution in [0, 0.1) is 6.92 Å². The lowest BCUT2D eigenvalue weighted by atomic mass is 10.1. The average Bonchev–Trinajstić information content (AvgIpc) is 2.63. The van der Waals surface area contributed by atoms with Gasteiger partial charge in [-0.3, -0.25) is 4.90 Å². The molecule has 1 unspecified atom stereocenters. The highest BCUT2D eigenvalue weighted by Crippen LogP contribution is 2.13. The van der Waals surface area contributed by atoms with Gasteiger partial charge in [0, 0.05) is 18.6 Å². The number of aryl methyl sites for hydroxylation is 1. The maximum atomic E-state index is 5.16. The van der Waals surface area contributed by atoms with Crippen LogP contribution in [-0.4, -0.2) is 40.2 Å². The molecule has 1 aliphatic heterocycles. The minimum Gasteiger partial charge on any atom is -0.338 e. The van der Waals surface area contributed by atoms with Crippen LogP contribution in [0.15, 0.2) is 4.52 Å². The molecule has 5 heteroatoms. The predicted molar refractivity (Wildman–Crippen MR) is 65.6 cm³/mol. The van der Waals surface area contributed by atoms with E-state index in [1.807, 2.05) is 6.92 Å². The molecular weight excluding hydrogens is 216 g/mol. The largest absolute Gasteiger partial charge is 0.338 e. The third-order valence-electron chi connectivity index (χ3n) is 3.00. The molecule has 1 aromatic heterocycles. The standard InChI is InChI=1S/C12H22N4O/c1-9(2)13-11-5-4-6-16(7-11)8-12-14-10(3)15-17-12/h9,11,13H,4-8H2,1-3H3. The molecule has 0 amide bonds. The van der Waals surface area contributed by atoms with Crippen LogP contribution in [0.2, 0.25) is 0 Å². The fraction of sp³-hybridized carbons (Fsp3) is 0.833. The zero-order valence-corrected chi connectivity index (χ0v) is 10.9. The van der Waals surface area contributed by atoms with Crippen LogP contribution in [0.5, 0.6) is 0 Å². The first kappa shape index (κ1) is 12.5. The quantitative estimate of drug-likeness (QED) is 0.858. The Kier molecular flexibility index (Phi) is 4.12. The van der Waals surface area contributed by atoms with Gasteiger partial charge in [0.1, 0.15) is 0 Å². The van der Waals surface area contributed by atoms with E-state index in [0.29, 0.717) is 17.9 Å². The van der Waals surface area contributed by atoms with E-state index in [2.05, 4.69) is 34.2 Å². The van der Waals surface area contributed by atoms with Crippen LogP contribution in [0.1, 0.15) is 38.4 Å². The summed E-state index contributed by atoms with van der Waals surface area (Å²) in [6.07, 6.45) is 2.50. The van der Waals surface area contributed by atoms with E-state index < -0.39 is 0 Å². The first-order chi connectivity index (χ1) is 8.13. The Labute approximate surface area is 103 Å². The fourth-order valence-corrected chi connectivity index (χ4v) is 2.40. The van der Waals surface area contributed by atoms with Crippen LogP contribution in [0.4, 0.5) is 0 Å². The van der Waals surface area contributed by atoms with Gasteiger partial charge in [-0.05, 0) is 26.3 Å². The minimum absolute atomic E-state index is 0.547. The molecule has 1 aromatic rings. The van der Waals surface area contributed by atoms with Gasteiger partial charge in [-0.1, -0.05) is 19.0 Å². The van der Waals surface area contributed by atoms with Crippen molar-refractivity contribution in [2.24, 2.45) is 0 Å². The summed E-state index contributed by atoms with van der Waals surface area (Å²) >= 11 is 0. The maximum Gasteiger partial charge on any atom is 0.240 e. The topological polar surface area (TPSA) is 54.2 Å². The molecule has 17 heavy (non-hydrogen) atoms. The van der Waals surface area contributed by atoms with Crippen LogP contribution >= 0.6 is 0 Å². The van der Waals surface area contributed by atoms with Crippen molar-refractivity contribution in [1.82, 2.24) is 20.4 Å². The van der Waals surface area contributed by atoms with Crippen molar-refractivity contribution >= 4 is 0 Å². The van der Waals surface area contributed by atoms with Gasteiger partial charge in [-0.15, -0.1) is 0 Å². The molecule has 1 saturated heterocycles. The molecule has 0 aromatic carbocycles. The summed E-state index contributed by atoms with van der Waals surface area (Å²) in [6, 6.07) is 1.14. The number of likely N-dealkylation sites (tertiary alicyclic amines) is 1. The second-order valence-electron chi connectivity index (χ2n) is 5.13. The Balaban J connectivity index is 1.85. The van der Waals surface area contributed by atoms with E-state index in [4.69, 9.17) is 4.52 Å². The molecule has 96 valence electrons. The van der Waals surface area contributed by atoms with Gasteiger partial charge in [0.05, 0.1) is 6.54 Å². The predicted octanol–water partition coefficient (Wildman–Crippen LogP) is 1.34. The van der Waals surface area contributed by atoms with Gasteiger partial charge in [-0.25, -0.2) is 0 Å². The van der Waals surface area contributed by atoms with Gasteiger partial charge >= 0.3 is 0 Å². The third kappa shape index (κ3) is 3.78. The average molecular weight is 238 g/mol. The van der Waals surface area contributed by atoms with E-state index >= 15 is 0 Å². The number of piperidine rings is 1. The molecule has 2 heterocycles. The number of hydrogen-bond donors (Lipinski definition) is 1. The van der Waals surface area contributed by atoms with Gasteiger partial charge in [0.2, 0.25) is 5.89 Å². The highest BCUT2D eigenvalue weighted by molar-refractivity contribution is 4.86. The molecule has 1 aliphatic rings. The smallest absolute Gasteiger partial charge is 0.240 e. The highest BCUT2D eigenvalue weighted by Gasteiger charge is 2.21. The van der Waals surface area contributed by atoms with Gasteiger partial charge in [0.15, 0.2) is 5.82 Å². The number of nitrogens with zero attached hydrogens (tertiary/aromatic N) is 3. The minimum atomic E-state index is 0.547. The van der Waals surface area contributed by atoms with Gasteiger partial charge in [-0.2, -0.15) is 4.98 Å². The molecule has 0 saturated carbocycles. The molecule has 1 N–H and O–H groups in total. The van der Waals surface area contributed by atoms with Crippen molar-refractivity contribution in [3.63, 3.8) is 0 Å². The lowest BCUT2D eigenvalue weighted by molar-refractivity contribution is 0.160. The molecule has 1 atom stereocenters. The Hall–Kier alpha value is -0.940. The van der Waals surface area contributed by atoms with E-state index in [1.54, 1.807) is 0 Å². The molecule has 0 bridgehead atoms. The van der Waals surface area contributed by atoms with E-state index in [0.717, 1.165) is 25.5 Å². The van der Waals surface area contributed by atoms with E-state index in [-0.39, 0.29) is 0 Å². The normalized spacial score (nSPS) is 22.2. The number of hydrogen-bond acceptors (Lipinski definition) is 5. The van der Waals surface area contributed by atoms with Crippen molar-refractivity contribution in [2.75, 3.05) is 13.1 Å². The Morgan fingerprint density at radius 3 is 3.00 bits per heavy atom. The highest BCUT2D eigenvalue weighted by atomic mass is 16.5. The second-order valence-corrected chi connectivity index (χ2v) is 5.13.